The summed E-state index contributed by atoms with van der Waals surface area (Å²) in [5, 5.41) is 0. The Bertz CT molecular complexity index is 198. The van der Waals surface area contributed by atoms with Crippen LogP contribution in [0.4, 0.5) is 4.79 Å². The number of allylic oxidation sites excluding steroid dienone is 1. The van der Waals surface area contributed by atoms with E-state index in [1.54, 1.807) is 6.92 Å². The zero-order chi connectivity index (χ0) is 8.85. The molecule has 0 spiro atoms. The fourth-order valence-corrected chi connectivity index (χ4v) is 4.84. The van der Waals surface area contributed by atoms with Crippen molar-refractivity contribution in [1.29, 1.82) is 0 Å². The first-order valence-corrected chi connectivity index (χ1v) is 9.55. The van der Waals surface area contributed by atoms with Crippen molar-refractivity contribution >= 4 is 57.5 Å². The molecule has 0 aromatic carbocycles. The summed E-state index contributed by atoms with van der Waals surface area (Å²) in [6.07, 6.45) is 0. The summed E-state index contributed by atoms with van der Waals surface area (Å²) in [4.78, 5) is 21.8. The zero-order valence-electron chi connectivity index (χ0n) is 6.86. The van der Waals surface area contributed by atoms with Crippen LogP contribution in [0.25, 0.3) is 0 Å². The molecule has 0 saturated heterocycles. The molecule has 0 saturated carbocycles. The van der Waals surface area contributed by atoms with E-state index in [2.05, 4.69) is 31.2 Å². The van der Waals surface area contributed by atoms with Crippen LogP contribution < -0.4 is 25.5 Å². The Hall–Kier alpha value is 1.40. The first kappa shape index (κ1) is 15.9. The van der Waals surface area contributed by atoms with Gasteiger partial charge in [-0.05, 0) is 0 Å². The molecular formula is C5H8Al2I2NO2-. The average molecular weight is 422 g/mol. The maximum Gasteiger partial charge on any atom is 0.146 e. The third-order valence-corrected chi connectivity index (χ3v) is 4.78. The number of rotatable bonds is 4. The molecular weight excluding hydrogens is 414 g/mol. The second-order valence-corrected chi connectivity index (χ2v) is 6.55. The average Bonchev–Trinajstić information content (AvgIpc) is 1.87. The smallest absolute Gasteiger partial charge is 0.146 e. The minimum absolute atomic E-state index is 0. The van der Waals surface area contributed by atoms with Gasteiger partial charge in [-0.25, -0.2) is 0 Å². The van der Waals surface area contributed by atoms with Crippen LogP contribution in [0.2, 0.25) is 0 Å². The molecule has 7 heteroatoms. The van der Waals surface area contributed by atoms with Crippen molar-refractivity contribution in [2.45, 2.75) is 6.92 Å². The normalized spacial score (nSPS) is 8.17. The number of hydrogen-bond acceptors (Lipinski definition) is 2. The van der Waals surface area contributed by atoms with E-state index in [0.29, 0.717) is 5.57 Å². The molecule has 12 heavy (non-hydrogen) atoms. The summed E-state index contributed by atoms with van der Waals surface area (Å²) in [5.41, 5.74) is 0.483. The van der Waals surface area contributed by atoms with E-state index in [1.807, 2.05) is 0 Å². The van der Waals surface area contributed by atoms with Crippen LogP contribution in [-0.4, -0.2) is 37.2 Å². The Labute approximate surface area is 110 Å². The van der Waals surface area contributed by atoms with E-state index in [4.69, 9.17) is 0 Å². The van der Waals surface area contributed by atoms with Crippen LogP contribution in [0.5, 0.6) is 0 Å². The van der Waals surface area contributed by atoms with Crippen molar-refractivity contribution < 1.29 is 30.8 Å². The van der Waals surface area contributed by atoms with Crippen LogP contribution in [0, 0.1) is 0 Å². The molecule has 0 aromatic rings. The molecule has 0 bridgehead atoms. The van der Waals surface area contributed by atoms with Gasteiger partial charge in [-0.15, -0.1) is 0 Å². The third kappa shape index (κ3) is 8.02. The maximum atomic E-state index is 10.9. The topological polar surface area (TPSA) is 46.2 Å². The SMILES string of the molecule is C=C(C)C(=O)[I-]C(=O)[NH][Al][I].[AlH2]. The summed E-state index contributed by atoms with van der Waals surface area (Å²) in [5.74, 6) is 0. The van der Waals surface area contributed by atoms with Crippen LogP contribution in [0.3, 0.4) is 0 Å². The first-order chi connectivity index (χ1) is 5.07. The quantitative estimate of drug-likeness (QED) is 0.172. The van der Waals surface area contributed by atoms with Gasteiger partial charge in [0.2, 0.25) is 0 Å². The van der Waals surface area contributed by atoms with E-state index < -0.39 is 21.2 Å². The van der Waals surface area contributed by atoms with Gasteiger partial charge in [0.25, 0.3) is 0 Å². The standard InChI is InChI=1S/C5H7INO2.2Al.HI.2H/c1-3(2)4(8)6-5(7)9;;;;;/h1H2,2H3,(H2,7,9);;;1H;;/q-1;;+2;;;/p-2. The van der Waals surface area contributed by atoms with Gasteiger partial charge in [0.05, 0.1) is 0 Å². The molecule has 66 valence electrons. The molecule has 1 amide bonds. The molecule has 0 rings (SSSR count). The largest absolute Gasteiger partial charge is 0.146 e. The number of carbonyl (C=O) groups is 2. The number of amides is 1. The number of carbonyl (C=O) groups excluding carboxylic acids is 2. The van der Waals surface area contributed by atoms with Gasteiger partial charge in [-0.2, -0.15) is 0 Å². The first-order valence-electron chi connectivity index (χ1n) is 2.65. The fraction of sp³-hybridized carbons (Fsp3) is 0.200. The van der Waals surface area contributed by atoms with E-state index in [-0.39, 0.29) is 37.2 Å². The Balaban J connectivity index is 0. The Morgan fingerprint density at radius 2 is 2.08 bits per heavy atom. The van der Waals surface area contributed by atoms with E-state index >= 15 is 0 Å². The zero-order valence-corrected chi connectivity index (χ0v) is 14.3. The molecule has 2 radical (unpaired) electrons. The molecule has 0 unspecified atom stereocenters. The van der Waals surface area contributed by atoms with Crippen molar-refractivity contribution in [3.63, 3.8) is 0 Å². The minimum atomic E-state index is -1.02. The number of halogens is 2. The molecule has 0 heterocycles. The van der Waals surface area contributed by atoms with Gasteiger partial charge in [0, 0.05) is 0 Å². The minimum Gasteiger partial charge on any atom is 0.146 e. The Morgan fingerprint density at radius 1 is 1.58 bits per heavy atom. The molecule has 0 aromatic heterocycles. The molecule has 0 aliphatic carbocycles. The van der Waals surface area contributed by atoms with Crippen LogP contribution in [-0.2, 0) is 4.79 Å². The third-order valence-electron chi connectivity index (χ3n) is 0.675. The molecule has 0 fully saturated rings. The Kier molecular flexibility index (Phi) is 11.9. The fourth-order valence-electron chi connectivity index (χ4n) is 0.229. The van der Waals surface area contributed by atoms with Crippen molar-refractivity contribution in [2.24, 2.45) is 0 Å². The molecule has 0 aliphatic rings. The summed E-state index contributed by atoms with van der Waals surface area (Å²) < 4.78 is 2.48. The molecule has 3 nitrogen and oxygen atoms in total. The van der Waals surface area contributed by atoms with E-state index in [0.717, 1.165) is 0 Å². The van der Waals surface area contributed by atoms with Crippen molar-refractivity contribution in [3.8, 4) is 0 Å². The van der Waals surface area contributed by atoms with Crippen molar-refractivity contribution in [1.82, 2.24) is 4.30 Å². The monoisotopic (exact) mass is 422 g/mol. The van der Waals surface area contributed by atoms with Gasteiger partial charge >= 0.3 is 94.3 Å². The van der Waals surface area contributed by atoms with Crippen molar-refractivity contribution in [2.75, 3.05) is 0 Å². The summed E-state index contributed by atoms with van der Waals surface area (Å²) in [6.45, 7) is 5.10. The number of nitrogens with one attached hydrogen (secondary N) is 1. The van der Waals surface area contributed by atoms with Gasteiger partial charge < -0.3 is 0 Å². The van der Waals surface area contributed by atoms with E-state index in [1.165, 1.54) is 0 Å². The van der Waals surface area contributed by atoms with Crippen molar-refractivity contribution in [3.05, 3.63) is 12.2 Å². The second-order valence-electron chi connectivity index (χ2n) is 1.68. The summed E-state index contributed by atoms with van der Waals surface area (Å²) in [7, 11) is 0. The van der Waals surface area contributed by atoms with Crippen LogP contribution in [0.1, 0.15) is 6.92 Å². The predicted octanol–water partition coefficient (Wildman–Crippen LogP) is -3.06. The van der Waals surface area contributed by atoms with Gasteiger partial charge in [0.1, 0.15) is 17.4 Å². The Morgan fingerprint density at radius 3 is 2.42 bits per heavy atom. The van der Waals surface area contributed by atoms with Gasteiger partial charge in [0.15, 0.2) is 0 Å². The maximum absolute atomic E-state index is 10.9. The summed E-state index contributed by atoms with van der Waals surface area (Å²) in [6, 6.07) is 0. The molecule has 0 aliphatic heterocycles. The van der Waals surface area contributed by atoms with Gasteiger partial charge in [-0.1, -0.05) is 0 Å². The predicted molar refractivity (Wildman–Crippen MR) is 56.7 cm³/mol. The number of hydrogen-bond donors (Lipinski definition) is 1. The molecule has 0 atom stereocenters. The second kappa shape index (κ2) is 8.98. The van der Waals surface area contributed by atoms with Crippen LogP contribution >= 0.6 is 20.3 Å². The van der Waals surface area contributed by atoms with Crippen LogP contribution in [0.15, 0.2) is 12.2 Å². The summed E-state index contributed by atoms with van der Waals surface area (Å²) >= 11 is 1.01. The van der Waals surface area contributed by atoms with E-state index in [9.17, 15) is 9.59 Å². The molecule has 1 N–H and O–H groups in total. The van der Waals surface area contributed by atoms with Gasteiger partial charge in [-0.3, -0.25) is 0 Å².